The predicted molar refractivity (Wildman–Crippen MR) is 84.0 cm³/mol. The number of carbonyl (C=O) groups is 1. The number of esters is 1. The third kappa shape index (κ3) is 4.37. The van der Waals surface area contributed by atoms with Crippen LogP contribution in [0.15, 0.2) is 0 Å². The molecule has 1 rings (SSSR count). The first-order chi connectivity index (χ1) is 9.60. The van der Waals surface area contributed by atoms with Crippen LogP contribution in [0.25, 0.3) is 0 Å². The summed E-state index contributed by atoms with van der Waals surface area (Å²) in [6, 6.07) is 0. The Labute approximate surface area is 127 Å². The average Bonchev–Trinajstić information content (AvgIpc) is 2.86. The number of aliphatic hydroxyl groups is 1. The van der Waals surface area contributed by atoms with E-state index in [2.05, 4.69) is 12.2 Å². The summed E-state index contributed by atoms with van der Waals surface area (Å²) in [7, 11) is 1.48. The van der Waals surface area contributed by atoms with Crippen LogP contribution >= 0.6 is 11.8 Å². The topological polar surface area (TPSA) is 58.6 Å². The van der Waals surface area contributed by atoms with Crippen LogP contribution in [0.5, 0.6) is 0 Å². The van der Waals surface area contributed by atoms with E-state index < -0.39 is 5.54 Å². The molecule has 0 saturated heterocycles. The minimum Gasteiger partial charge on any atom is -0.468 e. The highest BCUT2D eigenvalue weighted by Crippen LogP contribution is 2.39. The van der Waals surface area contributed by atoms with E-state index in [9.17, 15) is 4.79 Å². The molecule has 0 aromatic carbocycles. The van der Waals surface area contributed by atoms with Crippen LogP contribution in [0.1, 0.15) is 39.5 Å². The SMILES string of the molecule is CCNC1(C(=O)OC)CCCC1CCSCC(C)CO. The fourth-order valence-corrected chi connectivity index (χ4v) is 4.23. The zero-order valence-corrected chi connectivity index (χ0v) is 13.8. The van der Waals surface area contributed by atoms with Gasteiger partial charge in [0, 0.05) is 6.61 Å². The molecule has 0 bridgehead atoms. The quantitative estimate of drug-likeness (QED) is 0.504. The molecular weight excluding hydrogens is 274 g/mol. The van der Waals surface area contributed by atoms with Crippen LogP contribution in [0, 0.1) is 11.8 Å². The van der Waals surface area contributed by atoms with Gasteiger partial charge in [-0.15, -0.1) is 0 Å². The number of ether oxygens (including phenoxy) is 1. The fourth-order valence-electron chi connectivity index (χ4n) is 3.10. The van der Waals surface area contributed by atoms with Crippen molar-refractivity contribution in [2.24, 2.45) is 11.8 Å². The van der Waals surface area contributed by atoms with E-state index in [1.54, 1.807) is 0 Å². The Balaban J connectivity index is 2.51. The third-order valence-corrected chi connectivity index (χ3v) is 5.52. The molecule has 0 aliphatic heterocycles. The van der Waals surface area contributed by atoms with Gasteiger partial charge in [0.05, 0.1) is 7.11 Å². The smallest absolute Gasteiger partial charge is 0.326 e. The first-order valence-corrected chi connectivity index (χ1v) is 8.78. The van der Waals surface area contributed by atoms with Gasteiger partial charge in [0.2, 0.25) is 0 Å². The Bertz CT molecular complexity index is 301. The van der Waals surface area contributed by atoms with Crippen LogP contribution in [-0.4, -0.2) is 48.4 Å². The van der Waals surface area contributed by atoms with Gasteiger partial charge in [-0.05, 0) is 49.1 Å². The molecule has 5 heteroatoms. The second kappa shape index (κ2) is 8.90. The number of hydrogen-bond donors (Lipinski definition) is 2. The van der Waals surface area contributed by atoms with Gasteiger partial charge in [0.15, 0.2) is 0 Å². The summed E-state index contributed by atoms with van der Waals surface area (Å²) in [5.74, 6) is 2.64. The first-order valence-electron chi connectivity index (χ1n) is 7.62. The zero-order chi connectivity index (χ0) is 15.0. The predicted octanol–water partition coefficient (Wildman–Crippen LogP) is 2.06. The van der Waals surface area contributed by atoms with E-state index in [1.165, 1.54) is 7.11 Å². The van der Waals surface area contributed by atoms with E-state index in [0.29, 0.717) is 11.8 Å². The standard InChI is InChI=1S/C15H29NO3S/c1-4-16-15(14(18)19-3)8-5-6-13(15)7-9-20-11-12(2)10-17/h12-13,16-17H,4-11H2,1-3H3. The summed E-state index contributed by atoms with van der Waals surface area (Å²) in [5, 5.41) is 12.4. The van der Waals surface area contributed by atoms with Crippen molar-refractivity contribution in [3.8, 4) is 0 Å². The number of rotatable bonds is 9. The summed E-state index contributed by atoms with van der Waals surface area (Å²) in [4.78, 5) is 12.2. The molecule has 4 nitrogen and oxygen atoms in total. The molecule has 2 N–H and O–H groups in total. The molecule has 1 aliphatic carbocycles. The monoisotopic (exact) mass is 303 g/mol. The number of hydrogen-bond acceptors (Lipinski definition) is 5. The second-order valence-electron chi connectivity index (χ2n) is 5.73. The summed E-state index contributed by atoms with van der Waals surface area (Å²) in [5.41, 5.74) is -0.466. The fraction of sp³-hybridized carbons (Fsp3) is 0.933. The second-order valence-corrected chi connectivity index (χ2v) is 6.88. The lowest BCUT2D eigenvalue weighted by atomic mass is 9.85. The van der Waals surface area contributed by atoms with Gasteiger partial charge in [-0.2, -0.15) is 11.8 Å². The molecule has 0 spiro atoms. The molecule has 1 saturated carbocycles. The molecule has 3 unspecified atom stereocenters. The van der Waals surface area contributed by atoms with Crippen LogP contribution < -0.4 is 5.32 Å². The molecule has 1 fully saturated rings. The van der Waals surface area contributed by atoms with Crippen molar-refractivity contribution in [1.29, 1.82) is 0 Å². The van der Waals surface area contributed by atoms with E-state index in [-0.39, 0.29) is 12.6 Å². The van der Waals surface area contributed by atoms with Crippen LogP contribution in [0.4, 0.5) is 0 Å². The highest BCUT2D eigenvalue weighted by atomic mass is 32.2. The molecule has 0 aromatic rings. The van der Waals surface area contributed by atoms with Gasteiger partial charge in [0.1, 0.15) is 5.54 Å². The van der Waals surface area contributed by atoms with Crippen molar-refractivity contribution in [1.82, 2.24) is 5.32 Å². The molecule has 0 heterocycles. The first kappa shape index (κ1) is 17.8. The molecule has 3 atom stereocenters. The van der Waals surface area contributed by atoms with Crippen molar-refractivity contribution in [2.75, 3.05) is 31.8 Å². The largest absolute Gasteiger partial charge is 0.468 e. The minimum absolute atomic E-state index is 0.101. The third-order valence-electron chi connectivity index (χ3n) is 4.19. The number of carbonyl (C=O) groups excluding carboxylic acids is 1. The van der Waals surface area contributed by atoms with E-state index in [4.69, 9.17) is 9.84 Å². The Kier molecular flexibility index (Phi) is 7.92. The van der Waals surface area contributed by atoms with Crippen molar-refractivity contribution in [3.05, 3.63) is 0 Å². The lowest BCUT2D eigenvalue weighted by Gasteiger charge is -2.33. The van der Waals surface area contributed by atoms with Gasteiger partial charge in [-0.25, -0.2) is 0 Å². The highest BCUT2D eigenvalue weighted by Gasteiger charge is 2.48. The number of methoxy groups -OCH3 is 1. The van der Waals surface area contributed by atoms with Crippen molar-refractivity contribution in [2.45, 2.75) is 45.1 Å². The van der Waals surface area contributed by atoms with Gasteiger partial charge in [-0.3, -0.25) is 4.79 Å². The molecule has 0 amide bonds. The maximum atomic E-state index is 12.2. The summed E-state index contributed by atoms with van der Waals surface area (Å²) >= 11 is 1.87. The van der Waals surface area contributed by atoms with Crippen molar-refractivity contribution < 1.29 is 14.6 Å². The zero-order valence-electron chi connectivity index (χ0n) is 13.0. The van der Waals surface area contributed by atoms with E-state index in [1.807, 2.05) is 18.7 Å². The van der Waals surface area contributed by atoms with Gasteiger partial charge < -0.3 is 15.2 Å². The highest BCUT2D eigenvalue weighted by molar-refractivity contribution is 7.99. The minimum atomic E-state index is -0.466. The lowest BCUT2D eigenvalue weighted by molar-refractivity contribution is -0.150. The van der Waals surface area contributed by atoms with Crippen LogP contribution in [0.2, 0.25) is 0 Å². The number of likely N-dealkylation sites (N-methyl/N-ethyl adjacent to an activating group) is 1. The van der Waals surface area contributed by atoms with E-state index in [0.717, 1.165) is 43.7 Å². The summed E-state index contributed by atoms with van der Waals surface area (Å²) in [6.07, 6.45) is 4.10. The van der Waals surface area contributed by atoms with Gasteiger partial charge >= 0.3 is 5.97 Å². The van der Waals surface area contributed by atoms with Crippen LogP contribution in [-0.2, 0) is 9.53 Å². The Morgan fingerprint density at radius 2 is 2.35 bits per heavy atom. The molecular formula is C15H29NO3S. The maximum absolute atomic E-state index is 12.2. The van der Waals surface area contributed by atoms with Gasteiger partial charge in [-0.1, -0.05) is 20.3 Å². The lowest BCUT2D eigenvalue weighted by Crippen LogP contribution is -2.55. The van der Waals surface area contributed by atoms with E-state index >= 15 is 0 Å². The average molecular weight is 303 g/mol. The normalized spacial score (nSPS) is 27.5. The summed E-state index contributed by atoms with van der Waals surface area (Å²) < 4.78 is 5.04. The molecule has 118 valence electrons. The number of aliphatic hydroxyl groups excluding tert-OH is 1. The molecule has 1 aliphatic rings. The molecule has 0 aromatic heterocycles. The molecule has 20 heavy (non-hydrogen) atoms. The Hall–Kier alpha value is -0.260. The van der Waals surface area contributed by atoms with Crippen molar-refractivity contribution >= 4 is 17.7 Å². The number of nitrogens with one attached hydrogen (secondary N) is 1. The summed E-state index contributed by atoms with van der Waals surface area (Å²) in [6.45, 7) is 5.14. The van der Waals surface area contributed by atoms with Crippen LogP contribution in [0.3, 0.4) is 0 Å². The van der Waals surface area contributed by atoms with Crippen molar-refractivity contribution in [3.63, 3.8) is 0 Å². The Morgan fingerprint density at radius 3 is 2.95 bits per heavy atom. The van der Waals surface area contributed by atoms with Gasteiger partial charge in [0.25, 0.3) is 0 Å². The number of thioether (sulfide) groups is 1. The Morgan fingerprint density at radius 1 is 1.60 bits per heavy atom. The molecule has 0 radical (unpaired) electrons. The maximum Gasteiger partial charge on any atom is 0.326 e.